The van der Waals surface area contributed by atoms with E-state index in [1.807, 2.05) is 0 Å². The average molecular weight is 377 g/mol. The summed E-state index contributed by atoms with van der Waals surface area (Å²) >= 11 is 0. The van der Waals surface area contributed by atoms with Crippen LogP contribution >= 0.6 is 0 Å². The molecular formula is C26H48O. The van der Waals surface area contributed by atoms with Crippen LogP contribution < -0.4 is 0 Å². The third-order valence-corrected chi connectivity index (χ3v) is 8.42. The standard InChI is InChI=1S/C26H48O/c1-3-5-7-8-9-11-21-12-16-25-22(19-21)13-14-23-20-24(15-17-26(23)25)27-18-10-6-4-2/h21-26H,3-20H2,1-2H3/t21-,22?,23?,24-,25?,26?/m1/s1. The largest absolute Gasteiger partial charge is 0.378 e. The highest BCUT2D eigenvalue weighted by Crippen LogP contribution is 2.53. The maximum Gasteiger partial charge on any atom is 0.0578 e. The molecule has 0 heterocycles. The highest BCUT2D eigenvalue weighted by atomic mass is 16.5. The maximum atomic E-state index is 6.26. The molecule has 158 valence electrons. The van der Waals surface area contributed by atoms with E-state index in [1.54, 1.807) is 25.7 Å². The highest BCUT2D eigenvalue weighted by molar-refractivity contribution is 4.94. The Labute approximate surface area is 170 Å². The van der Waals surface area contributed by atoms with E-state index in [0.717, 1.165) is 36.2 Å². The molecule has 3 saturated carbocycles. The van der Waals surface area contributed by atoms with Gasteiger partial charge in [-0.15, -0.1) is 0 Å². The van der Waals surface area contributed by atoms with E-state index < -0.39 is 0 Å². The van der Waals surface area contributed by atoms with Crippen molar-refractivity contribution in [3.05, 3.63) is 0 Å². The van der Waals surface area contributed by atoms with E-state index in [9.17, 15) is 0 Å². The van der Waals surface area contributed by atoms with Gasteiger partial charge in [0, 0.05) is 6.61 Å². The molecule has 0 radical (unpaired) electrons. The summed E-state index contributed by atoms with van der Waals surface area (Å²) in [4.78, 5) is 0. The van der Waals surface area contributed by atoms with E-state index in [0.29, 0.717) is 6.10 Å². The molecule has 0 bridgehead atoms. The van der Waals surface area contributed by atoms with E-state index in [4.69, 9.17) is 4.74 Å². The molecule has 0 aromatic rings. The molecule has 0 aromatic heterocycles. The fourth-order valence-electron chi connectivity index (χ4n) is 6.90. The predicted molar refractivity (Wildman–Crippen MR) is 117 cm³/mol. The van der Waals surface area contributed by atoms with Gasteiger partial charge < -0.3 is 4.74 Å². The SMILES string of the molecule is CCCCCCC[C@@H]1CCC2C(CCC3C[C@H](OCCCCC)CCC32)C1. The molecule has 0 aliphatic heterocycles. The predicted octanol–water partition coefficient (Wildman–Crippen LogP) is 8.16. The van der Waals surface area contributed by atoms with E-state index in [1.165, 1.54) is 83.5 Å². The zero-order valence-electron chi connectivity index (χ0n) is 18.6. The van der Waals surface area contributed by atoms with Crippen LogP contribution in [-0.4, -0.2) is 12.7 Å². The van der Waals surface area contributed by atoms with Crippen LogP contribution in [0.15, 0.2) is 0 Å². The van der Waals surface area contributed by atoms with Crippen molar-refractivity contribution >= 4 is 0 Å². The van der Waals surface area contributed by atoms with E-state index >= 15 is 0 Å². The molecule has 3 aliphatic carbocycles. The van der Waals surface area contributed by atoms with Gasteiger partial charge in [0.1, 0.15) is 0 Å². The van der Waals surface area contributed by atoms with Gasteiger partial charge in [-0.25, -0.2) is 0 Å². The first-order chi connectivity index (χ1) is 13.3. The fraction of sp³-hybridized carbons (Fsp3) is 1.00. The van der Waals surface area contributed by atoms with Crippen LogP contribution in [0.25, 0.3) is 0 Å². The van der Waals surface area contributed by atoms with Gasteiger partial charge in [0.25, 0.3) is 0 Å². The van der Waals surface area contributed by atoms with Gasteiger partial charge in [-0.05, 0) is 81.0 Å². The molecule has 1 heteroatoms. The Bertz CT molecular complexity index is 392. The number of unbranched alkanes of at least 4 members (excludes halogenated alkanes) is 6. The second-order valence-corrected chi connectivity index (χ2v) is 10.3. The number of hydrogen-bond acceptors (Lipinski definition) is 1. The molecule has 0 aromatic carbocycles. The summed E-state index contributed by atoms with van der Waals surface area (Å²) in [7, 11) is 0. The van der Waals surface area contributed by atoms with E-state index in [-0.39, 0.29) is 0 Å². The first-order valence-corrected chi connectivity index (χ1v) is 12.9. The minimum atomic E-state index is 0.596. The lowest BCUT2D eigenvalue weighted by Crippen LogP contribution is -2.42. The Morgan fingerprint density at radius 3 is 2.07 bits per heavy atom. The van der Waals surface area contributed by atoms with Crippen molar-refractivity contribution in [2.45, 2.75) is 129 Å². The summed E-state index contributed by atoms with van der Waals surface area (Å²) in [6.07, 6.45) is 25.3. The molecule has 0 saturated heterocycles. The minimum absolute atomic E-state index is 0.596. The molecule has 3 aliphatic rings. The van der Waals surface area contributed by atoms with Crippen molar-refractivity contribution in [1.29, 1.82) is 0 Å². The smallest absolute Gasteiger partial charge is 0.0578 e. The fourth-order valence-corrected chi connectivity index (χ4v) is 6.90. The summed E-state index contributed by atoms with van der Waals surface area (Å²) in [6, 6.07) is 0. The van der Waals surface area contributed by atoms with Crippen molar-refractivity contribution in [2.75, 3.05) is 6.61 Å². The molecular weight excluding hydrogens is 328 g/mol. The topological polar surface area (TPSA) is 9.23 Å². The summed E-state index contributed by atoms with van der Waals surface area (Å²) in [5.41, 5.74) is 0. The molecule has 0 N–H and O–H groups in total. The molecule has 0 spiro atoms. The average Bonchev–Trinajstić information content (AvgIpc) is 2.70. The summed E-state index contributed by atoms with van der Waals surface area (Å²) < 4.78 is 6.26. The van der Waals surface area contributed by atoms with E-state index in [2.05, 4.69) is 13.8 Å². The van der Waals surface area contributed by atoms with Gasteiger partial charge in [0.15, 0.2) is 0 Å². The van der Waals surface area contributed by atoms with Gasteiger partial charge in [-0.2, -0.15) is 0 Å². The zero-order valence-corrected chi connectivity index (χ0v) is 18.6. The molecule has 0 amide bonds. The molecule has 27 heavy (non-hydrogen) atoms. The lowest BCUT2D eigenvalue weighted by molar-refractivity contribution is -0.0539. The van der Waals surface area contributed by atoms with Gasteiger partial charge in [0.05, 0.1) is 6.10 Å². The second kappa shape index (κ2) is 11.8. The Balaban J connectivity index is 1.37. The van der Waals surface area contributed by atoms with Crippen molar-refractivity contribution < 1.29 is 4.74 Å². The normalized spacial score (nSPS) is 36.2. The lowest BCUT2D eigenvalue weighted by Gasteiger charge is -2.50. The van der Waals surface area contributed by atoms with Crippen LogP contribution in [0.2, 0.25) is 0 Å². The van der Waals surface area contributed by atoms with Crippen molar-refractivity contribution in [1.82, 2.24) is 0 Å². The number of fused-ring (bicyclic) bond motifs is 3. The number of ether oxygens (including phenoxy) is 1. The van der Waals surface area contributed by atoms with Crippen LogP contribution in [-0.2, 0) is 4.74 Å². The Hall–Kier alpha value is -0.0400. The third kappa shape index (κ3) is 6.48. The highest BCUT2D eigenvalue weighted by Gasteiger charge is 2.44. The molecule has 4 unspecified atom stereocenters. The molecule has 1 nitrogen and oxygen atoms in total. The summed E-state index contributed by atoms with van der Waals surface area (Å²) in [6.45, 7) is 5.62. The maximum absolute atomic E-state index is 6.26. The Kier molecular flexibility index (Phi) is 9.50. The first kappa shape index (κ1) is 21.7. The molecule has 3 fully saturated rings. The second-order valence-electron chi connectivity index (χ2n) is 10.3. The van der Waals surface area contributed by atoms with Crippen LogP contribution in [0, 0.1) is 29.6 Å². The van der Waals surface area contributed by atoms with Gasteiger partial charge in [-0.3, -0.25) is 0 Å². The quantitative estimate of drug-likeness (QED) is 0.330. The summed E-state index contributed by atoms with van der Waals surface area (Å²) in [5.74, 6) is 5.30. The third-order valence-electron chi connectivity index (χ3n) is 8.42. The molecule has 3 rings (SSSR count). The number of hydrogen-bond donors (Lipinski definition) is 0. The Morgan fingerprint density at radius 1 is 0.630 bits per heavy atom. The summed E-state index contributed by atoms with van der Waals surface area (Å²) in [5, 5.41) is 0. The zero-order chi connectivity index (χ0) is 18.9. The number of rotatable bonds is 11. The van der Waals surface area contributed by atoms with Gasteiger partial charge >= 0.3 is 0 Å². The monoisotopic (exact) mass is 376 g/mol. The van der Waals surface area contributed by atoms with Gasteiger partial charge in [0.2, 0.25) is 0 Å². The Morgan fingerprint density at radius 2 is 1.30 bits per heavy atom. The first-order valence-electron chi connectivity index (χ1n) is 12.9. The van der Waals surface area contributed by atoms with Crippen LogP contribution in [0.4, 0.5) is 0 Å². The lowest BCUT2D eigenvalue weighted by atomic mass is 9.56. The van der Waals surface area contributed by atoms with Crippen LogP contribution in [0.1, 0.15) is 123 Å². The van der Waals surface area contributed by atoms with Crippen molar-refractivity contribution in [3.63, 3.8) is 0 Å². The van der Waals surface area contributed by atoms with Gasteiger partial charge in [-0.1, -0.05) is 71.6 Å². The van der Waals surface area contributed by atoms with Crippen LogP contribution in [0.3, 0.4) is 0 Å². The van der Waals surface area contributed by atoms with Crippen molar-refractivity contribution in [3.8, 4) is 0 Å². The minimum Gasteiger partial charge on any atom is -0.378 e. The van der Waals surface area contributed by atoms with Crippen molar-refractivity contribution in [2.24, 2.45) is 29.6 Å². The van der Waals surface area contributed by atoms with Crippen LogP contribution in [0.5, 0.6) is 0 Å². The molecule has 6 atom stereocenters.